The van der Waals surface area contributed by atoms with Crippen LogP contribution in [0.4, 0.5) is 0 Å². The summed E-state index contributed by atoms with van der Waals surface area (Å²) < 4.78 is 23.5. The summed E-state index contributed by atoms with van der Waals surface area (Å²) in [4.78, 5) is 52.2. The number of carbonyl (C=O) groups excluding carboxylic acids is 3. The number of aromatic nitrogens is 2. The molecule has 1 N–H and O–H groups in total. The van der Waals surface area contributed by atoms with Crippen LogP contribution in [-0.2, 0) is 14.6 Å². The van der Waals surface area contributed by atoms with E-state index in [2.05, 4.69) is 9.97 Å². The smallest absolute Gasteiger partial charge is 0.272 e. The minimum atomic E-state index is -3.28. The van der Waals surface area contributed by atoms with E-state index < -0.39 is 21.2 Å². The fourth-order valence-corrected chi connectivity index (χ4v) is 7.03. The van der Waals surface area contributed by atoms with Gasteiger partial charge in [-0.3, -0.25) is 19.4 Å². The Morgan fingerprint density at radius 3 is 2.18 bits per heavy atom. The van der Waals surface area contributed by atoms with E-state index in [1.54, 1.807) is 47.5 Å². The Balaban J connectivity index is 1.11. The molecule has 0 spiro atoms. The molecule has 2 aromatic heterocycles. The molecule has 228 valence electrons. The quantitative estimate of drug-likeness (QED) is 0.294. The Hall–Kier alpha value is -4.31. The molecule has 2 aliphatic heterocycles. The number of nitrogens with one attached hydrogen (secondary N) is 1. The fraction of sp³-hybridized carbons (Fsp3) is 0.353. The molecular weight excluding hydrogens is 576 g/mol. The lowest BCUT2D eigenvalue weighted by Crippen LogP contribution is -2.53. The highest BCUT2D eigenvalue weighted by atomic mass is 32.2. The van der Waals surface area contributed by atoms with Crippen molar-refractivity contribution in [1.29, 1.82) is 0 Å². The highest BCUT2D eigenvalue weighted by Gasteiger charge is 2.50. The van der Waals surface area contributed by atoms with E-state index in [0.29, 0.717) is 30.9 Å². The van der Waals surface area contributed by atoms with Crippen molar-refractivity contribution < 1.29 is 22.8 Å². The number of hydrogen-bond donors (Lipinski definition) is 1. The summed E-state index contributed by atoms with van der Waals surface area (Å²) in [5.74, 6) is -0.794. The number of nitrogens with zero attached hydrogens (tertiary/aromatic N) is 3. The number of para-hydroxylation sites is 1. The monoisotopic (exact) mass is 612 g/mol. The molecule has 0 saturated carbocycles. The van der Waals surface area contributed by atoms with Crippen molar-refractivity contribution >= 4 is 38.3 Å². The van der Waals surface area contributed by atoms with Gasteiger partial charge in [0.25, 0.3) is 5.91 Å². The average molecular weight is 613 g/mol. The molecule has 2 bridgehead atoms. The maximum Gasteiger partial charge on any atom is 0.272 e. The summed E-state index contributed by atoms with van der Waals surface area (Å²) in [6.45, 7) is 6.85. The van der Waals surface area contributed by atoms with Gasteiger partial charge in [0, 0.05) is 48.4 Å². The van der Waals surface area contributed by atoms with E-state index in [4.69, 9.17) is 0 Å². The molecule has 9 nitrogen and oxygen atoms in total. The molecule has 0 unspecified atom stereocenters. The fourth-order valence-electron chi connectivity index (χ4n) is 6.40. The molecule has 2 aliphatic rings. The van der Waals surface area contributed by atoms with Crippen LogP contribution < -0.4 is 0 Å². The summed E-state index contributed by atoms with van der Waals surface area (Å²) >= 11 is 0. The van der Waals surface area contributed by atoms with E-state index in [1.807, 2.05) is 56.0 Å². The highest BCUT2D eigenvalue weighted by molar-refractivity contribution is 7.90. The van der Waals surface area contributed by atoms with Gasteiger partial charge in [-0.25, -0.2) is 8.42 Å². The number of likely N-dealkylation sites (tertiary alicyclic amines) is 2. The molecule has 2 amide bonds. The number of amides is 2. The first kappa shape index (κ1) is 29.7. The van der Waals surface area contributed by atoms with Gasteiger partial charge in [-0.15, -0.1) is 0 Å². The lowest BCUT2D eigenvalue weighted by Gasteiger charge is -2.39. The maximum absolute atomic E-state index is 13.9. The Bertz CT molecular complexity index is 1820. The van der Waals surface area contributed by atoms with Crippen LogP contribution in [-0.4, -0.2) is 77.2 Å². The Kier molecular flexibility index (Phi) is 7.44. The lowest BCUT2D eigenvalue weighted by atomic mass is 9.76. The molecule has 3 atom stereocenters. The van der Waals surface area contributed by atoms with Gasteiger partial charge >= 0.3 is 0 Å². The van der Waals surface area contributed by atoms with Crippen molar-refractivity contribution in [2.45, 2.75) is 50.6 Å². The first-order valence-electron chi connectivity index (χ1n) is 14.8. The number of hydrogen-bond acceptors (Lipinski definition) is 6. The van der Waals surface area contributed by atoms with E-state index in [0.717, 1.165) is 22.0 Å². The van der Waals surface area contributed by atoms with E-state index >= 15 is 0 Å². The number of ketones is 1. The Morgan fingerprint density at radius 2 is 1.59 bits per heavy atom. The van der Waals surface area contributed by atoms with Crippen molar-refractivity contribution in [2.75, 3.05) is 19.3 Å². The van der Waals surface area contributed by atoms with Crippen LogP contribution in [0, 0.1) is 11.3 Å². The molecule has 44 heavy (non-hydrogen) atoms. The number of sulfone groups is 1. The number of Topliss-reactive ketones (excluding diaryl/α,β-unsaturated/α-hetero) is 1. The summed E-state index contributed by atoms with van der Waals surface area (Å²) in [7, 11) is -3.28. The van der Waals surface area contributed by atoms with Crippen LogP contribution in [0.15, 0.2) is 77.8 Å². The molecule has 4 aromatic rings. The Morgan fingerprint density at radius 1 is 0.932 bits per heavy atom. The summed E-state index contributed by atoms with van der Waals surface area (Å²) in [6.07, 6.45) is 3.60. The molecule has 2 saturated heterocycles. The van der Waals surface area contributed by atoms with Gasteiger partial charge in [0.05, 0.1) is 28.6 Å². The van der Waals surface area contributed by atoms with E-state index in [9.17, 15) is 22.8 Å². The number of carbonyl (C=O) groups is 3. The van der Waals surface area contributed by atoms with Gasteiger partial charge in [0.15, 0.2) is 15.6 Å². The summed E-state index contributed by atoms with van der Waals surface area (Å²) in [5.41, 5.74) is 2.88. The van der Waals surface area contributed by atoms with Crippen LogP contribution in [0.25, 0.3) is 22.0 Å². The van der Waals surface area contributed by atoms with Crippen molar-refractivity contribution in [2.24, 2.45) is 11.3 Å². The third kappa shape index (κ3) is 5.66. The predicted molar refractivity (Wildman–Crippen MR) is 168 cm³/mol. The molecule has 6 rings (SSSR count). The highest BCUT2D eigenvalue weighted by Crippen LogP contribution is 2.38. The predicted octanol–water partition coefficient (Wildman–Crippen LogP) is 4.99. The van der Waals surface area contributed by atoms with E-state index in [1.165, 1.54) is 6.26 Å². The van der Waals surface area contributed by atoms with Gasteiger partial charge in [-0.1, -0.05) is 57.2 Å². The zero-order chi connectivity index (χ0) is 31.4. The van der Waals surface area contributed by atoms with Gasteiger partial charge in [0.2, 0.25) is 5.91 Å². The summed E-state index contributed by atoms with van der Waals surface area (Å²) in [6, 6.07) is 19.4. The molecular formula is C34H36N4O5S. The summed E-state index contributed by atoms with van der Waals surface area (Å²) in [5, 5.41) is 0.962. The SMILES string of the molecule is CC(C)(C)[C@H](CC(=O)c1cc2ccccc2[nH]1)C(=O)N1C[C@@H]2C[C@H]1CN2C(=O)c1ccc(-c2ccc(S(C)(=O)=O)cc2)cn1. The third-order valence-corrected chi connectivity index (χ3v) is 10.1. The van der Waals surface area contributed by atoms with Crippen molar-refractivity contribution in [3.8, 4) is 11.1 Å². The van der Waals surface area contributed by atoms with E-state index in [-0.39, 0.29) is 41.0 Å². The number of aromatic amines is 1. The second kappa shape index (κ2) is 11.0. The van der Waals surface area contributed by atoms with Crippen LogP contribution in [0.3, 0.4) is 0 Å². The largest absolute Gasteiger partial charge is 0.352 e. The van der Waals surface area contributed by atoms with Crippen LogP contribution in [0.5, 0.6) is 0 Å². The Labute approximate surface area is 257 Å². The number of benzene rings is 2. The molecule has 2 aromatic carbocycles. The van der Waals surface area contributed by atoms with Gasteiger partial charge < -0.3 is 14.8 Å². The van der Waals surface area contributed by atoms with Crippen molar-refractivity contribution in [3.63, 3.8) is 0 Å². The third-order valence-electron chi connectivity index (χ3n) is 8.95. The molecule has 0 radical (unpaired) electrons. The second-order valence-corrected chi connectivity index (χ2v) is 15.1. The number of H-pyrrole nitrogens is 1. The topological polar surface area (TPSA) is 121 Å². The molecule has 10 heteroatoms. The minimum Gasteiger partial charge on any atom is -0.352 e. The normalized spacial score (nSPS) is 19.0. The first-order valence-corrected chi connectivity index (χ1v) is 16.7. The van der Waals surface area contributed by atoms with Gasteiger partial charge in [-0.05, 0) is 47.7 Å². The van der Waals surface area contributed by atoms with Crippen molar-refractivity contribution in [1.82, 2.24) is 19.8 Å². The second-order valence-electron chi connectivity index (χ2n) is 13.0. The maximum atomic E-state index is 13.9. The standard InChI is InChI=1S/C34H36N4O5S/c1-34(2,3)27(17-31(39)30-15-22-7-5-6-8-28(22)36-30)32(40)37-19-25-16-24(37)20-38(25)33(41)29-14-11-23(18-35-29)21-9-12-26(13-10-21)44(4,42)43/h5-15,18,24-25,27,36H,16-17,19-20H2,1-4H3/t24-,25-,27+/m0/s1. The lowest BCUT2D eigenvalue weighted by molar-refractivity contribution is -0.141. The van der Waals surface area contributed by atoms with Crippen LogP contribution in [0.2, 0.25) is 0 Å². The zero-order valence-electron chi connectivity index (χ0n) is 25.3. The molecule has 4 heterocycles. The van der Waals surface area contributed by atoms with Crippen LogP contribution in [0.1, 0.15) is 54.6 Å². The number of pyridine rings is 1. The number of piperazine rings is 1. The van der Waals surface area contributed by atoms with Gasteiger partial charge in [0.1, 0.15) is 5.69 Å². The first-order chi connectivity index (χ1) is 20.8. The van der Waals surface area contributed by atoms with Crippen molar-refractivity contribution in [3.05, 3.63) is 84.3 Å². The minimum absolute atomic E-state index is 0.0362. The van der Waals surface area contributed by atoms with Gasteiger partial charge in [-0.2, -0.15) is 0 Å². The number of rotatable bonds is 7. The average Bonchev–Trinajstić information content (AvgIpc) is 3.73. The molecule has 0 aliphatic carbocycles. The zero-order valence-corrected chi connectivity index (χ0v) is 26.1. The molecule has 2 fully saturated rings. The van der Waals surface area contributed by atoms with Crippen LogP contribution >= 0.6 is 0 Å². The number of fused-ring (bicyclic) bond motifs is 3.